The predicted octanol–water partition coefficient (Wildman–Crippen LogP) is 4.61. The minimum atomic E-state index is -0.503. The van der Waals surface area contributed by atoms with Gasteiger partial charge in [0.1, 0.15) is 0 Å². The number of nitrogens with one attached hydrogen (secondary N) is 1. The first-order valence-electron chi connectivity index (χ1n) is 8.29. The van der Waals surface area contributed by atoms with Crippen molar-refractivity contribution in [3.8, 4) is 0 Å². The van der Waals surface area contributed by atoms with Crippen LogP contribution in [0.1, 0.15) is 12.8 Å². The van der Waals surface area contributed by atoms with Crippen LogP contribution >= 0.6 is 35.8 Å². The number of carbonyl (C=O) groups excluding carboxylic acids is 1. The molecule has 0 aliphatic carbocycles. The number of anilines is 1. The number of rotatable bonds is 5. The largest absolute Gasteiger partial charge is 0.381 e. The quantitative estimate of drug-likeness (QED) is 0.752. The van der Waals surface area contributed by atoms with E-state index in [1.807, 2.05) is 48.5 Å². The van der Waals surface area contributed by atoms with E-state index in [0.29, 0.717) is 18.2 Å². The molecule has 0 radical (unpaired) electrons. The van der Waals surface area contributed by atoms with E-state index in [2.05, 4.69) is 5.32 Å². The molecule has 1 saturated heterocycles. The number of hydrogen-bond acceptors (Lipinski definition) is 4. The van der Waals surface area contributed by atoms with Gasteiger partial charge in [0.2, 0.25) is 5.91 Å². The Morgan fingerprint density at radius 2 is 1.85 bits per heavy atom. The van der Waals surface area contributed by atoms with Gasteiger partial charge in [0, 0.05) is 33.7 Å². The molecule has 140 valence electrons. The van der Waals surface area contributed by atoms with E-state index in [9.17, 15) is 4.79 Å². The maximum atomic E-state index is 12.4. The maximum Gasteiger partial charge on any atom is 0.241 e. The number of carbonyl (C=O) groups is 1. The van der Waals surface area contributed by atoms with Crippen molar-refractivity contribution in [2.75, 3.05) is 18.5 Å². The van der Waals surface area contributed by atoms with Gasteiger partial charge in [-0.2, -0.15) is 0 Å². The Morgan fingerprint density at radius 1 is 1.15 bits per heavy atom. The Kier molecular flexibility index (Phi) is 8.25. The summed E-state index contributed by atoms with van der Waals surface area (Å²) in [4.78, 5) is 14.6. The summed E-state index contributed by atoms with van der Waals surface area (Å²) in [7, 11) is 0. The second-order valence-electron chi connectivity index (χ2n) is 6.05. The average Bonchev–Trinajstić information content (AvgIpc) is 2.64. The third kappa shape index (κ3) is 5.89. The van der Waals surface area contributed by atoms with Crippen LogP contribution in [0.2, 0.25) is 5.02 Å². The SMILES string of the molecule is Cl.NC(C(=O)Nc1cccc(Sc2ccc(Cl)cc2)c1)C1CCOCC1. The van der Waals surface area contributed by atoms with Gasteiger partial charge in [-0.05, 0) is 61.2 Å². The lowest BCUT2D eigenvalue weighted by Gasteiger charge is -2.26. The lowest BCUT2D eigenvalue weighted by atomic mass is 9.92. The van der Waals surface area contributed by atoms with E-state index in [0.717, 1.165) is 28.3 Å². The highest BCUT2D eigenvalue weighted by molar-refractivity contribution is 7.99. The normalized spacial score (nSPS) is 15.8. The van der Waals surface area contributed by atoms with Gasteiger partial charge in [-0.1, -0.05) is 29.4 Å². The number of ether oxygens (including phenoxy) is 1. The van der Waals surface area contributed by atoms with Gasteiger partial charge >= 0.3 is 0 Å². The molecule has 0 saturated carbocycles. The molecular weight excluding hydrogens is 391 g/mol. The van der Waals surface area contributed by atoms with E-state index in [1.165, 1.54) is 0 Å². The average molecular weight is 413 g/mol. The number of halogens is 2. The van der Waals surface area contributed by atoms with Crippen molar-refractivity contribution >= 4 is 47.4 Å². The van der Waals surface area contributed by atoms with Crippen LogP contribution in [0.25, 0.3) is 0 Å². The molecule has 7 heteroatoms. The van der Waals surface area contributed by atoms with Gasteiger partial charge in [-0.15, -0.1) is 12.4 Å². The molecule has 0 bridgehead atoms. The molecule has 1 fully saturated rings. The molecule has 1 unspecified atom stereocenters. The topological polar surface area (TPSA) is 64.4 Å². The molecule has 4 nitrogen and oxygen atoms in total. The van der Waals surface area contributed by atoms with Crippen LogP contribution in [0.5, 0.6) is 0 Å². The Balaban J connectivity index is 0.00000243. The Labute approximate surface area is 169 Å². The lowest BCUT2D eigenvalue weighted by molar-refractivity contribution is -0.119. The summed E-state index contributed by atoms with van der Waals surface area (Å²) in [6.07, 6.45) is 1.67. The van der Waals surface area contributed by atoms with Gasteiger partial charge in [0.05, 0.1) is 6.04 Å². The Bertz CT molecular complexity index is 722. The molecule has 3 rings (SSSR count). The molecule has 0 aromatic heterocycles. The van der Waals surface area contributed by atoms with Crippen molar-refractivity contribution in [3.05, 3.63) is 53.6 Å². The molecule has 2 aromatic rings. The van der Waals surface area contributed by atoms with Crippen molar-refractivity contribution in [1.82, 2.24) is 0 Å². The molecule has 2 aromatic carbocycles. The summed E-state index contributed by atoms with van der Waals surface area (Å²) in [5.41, 5.74) is 6.89. The zero-order chi connectivity index (χ0) is 17.6. The summed E-state index contributed by atoms with van der Waals surface area (Å²) >= 11 is 7.53. The van der Waals surface area contributed by atoms with Crippen molar-refractivity contribution in [2.45, 2.75) is 28.7 Å². The fourth-order valence-corrected chi connectivity index (χ4v) is 3.79. The minimum Gasteiger partial charge on any atom is -0.381 e. The Morgan fingerprint density at radius 3 is 2.54 bits per heavy atom. The fraction of sp³-hybridized carbons (Fsp3) is 0.316. The monoisotopic (exact) mass is 412 g/mol. The summed E-state index contributed by atoms with van der Waals surface area (Å²) in [6, 6.07) is 14.9. The second-order valence-corrected chi connectivity index (χ2v) is 7.63. The number of hydrogen-bond donors (Lipinski definition) is 2. The molecule has 1 atom stereocenters. The second kappa shape index (κ2) is 10.2. The van der Waals surface area contributed by atoms with Crippen molar-refractivity contribution in [2.24, 2.45) is 11.7 Å². The predicted molar refractivity (Wildman–Crippen MR) is 109 cm³/mol. The van der Waals surface area contributed by atoms with Crippen LogP contribution in [0.4, 0.5) is 5.69 Å². The highest BCUT2D eigenvalue weighted by Crippen LogP contribution is 2.30. The van der Waals surface area contributed by atoms with E-state index in [1.54, 1.807) is 11.8 Å². The smallest absolute Gasteiger partial charge is 0.241 e. The summed E-state index contributed by atoms with van der Waals surface area (Å²) in [5.74, 6) is 0.0425. The first kappa shape index (κ1) is 21.1. The minimum absolute atomic E-state index is 0. The fourth-order valence-electron chi connectivity index (χ4n) is 2.79. The van der Waals surface area contributed by atoms with Crippen LogP contribution in [0.15, 0.2) is 58.3 Å². The molecule has 1 aliphatic heterocycles. The maximum absolute atomic E-state index is 12.4. The highest BCUT2D eigenvalue weighted by atomic mass is 35.5. The Hall–Kier alpha value is -1.24. The lowest BCUT2D eigenvalue weighted by Crippen LogP contribution is -2.44. The number of nitrogens with two attached hydrogens (primary N) is 1. The van der Waals surface area contributed by atoms with Crippen LogP contribution < -0.4 is 11.1 Å². The molecule has 1 amide bonds. The molecule has 26 heavy (non-hydrogen) atoms. The number of amides is 1. The van der Waals surface area contributed by atoms with Crippen LogP contribution in [-0.4, -0.2) is 25.2 Å². The van der Waals surface area contributed by atoms with E-state index >= 15 is 0 Å². The zero-order valence-electron chi connectivity index (χ0n) is 14.2. The standard InChI is InChI=1S/C19H21ClN2O2S.ClH/c20-14-4-6-16(7-5-14)25-17-3-1-2-15(12-17)22-19(23)18(21)13-8-10-24-11-9-13;/h1-7,12-13,18H,8-11,21H2,(H,22,23);1H. The third-order valence-corrected chi connectivity index (χ3v) is 5.48. The van der Waals surface area contributed by atoms with E-state index in [4.69, 9.17) is 22.1 Å². The molecule has 1 heterocycles. The highest BCUT2D eigenvalue weighted by Gasteiger charge is 2.26. The first-order valence-corrected chi connectivity index (χ1v) is 9.49. The van der Waals surface area contributed by atoms with Gasteiger partial charge in [-0.25, -0.2) is 0 Å². The zero-order valence-corrected chi connectivity index (χ0v) is 16.6. The summed E-state index contributed by atoms with van der Waals surface area (Å²) in [5, 5.41) is 3.65. The number of benzene rings is 2. The van der Waals surface area contributed by atoms with Crippen molar-refractivity contribution in [1.29, 1.82) is 0 Å². The van der Waals surface area contributed by atoms with E-state index < -0.39 is 6.04 Å². The van der Waals surface area contributed by atoms with E-state index in [-0.39, 0.29) is 24.2 Å². The molecule has 1 aliphatic rings. The third-order valence-electron chi connectivity index (χ3n) is 4.23. The van der Waals surface area contributed by atoms with Crippen LogP contribution in [0, 0.1) is 5.92 Å². The molecule has 3 N–H and O–H groups in total. The summed E-state index contributed by atoms with van der Waals surface area (Å²) < 4.78 is 5.33. The molecule has 0 spiro atoms. The van der Waals surface area contributed by atoms with Crippen LogP contribution in [0.3, 0.4) is 0 Å². The first-order chi connectivity index (χ1) is 12.1. The van der Waals surface area contributed by atoms with Gasteiger partial charge in [-0.3, -0.25) is 4.79 Å². The van der Waals surface area contributed by atoms with Gasteiger partial charge in [0.15, 0.2) is 0 Å². The summed E-state index contributed by atoms with van der Waals surface area (Å²) in [6.45, 7) is 1.36. The van der Waals surface area contributed by atoms with Crippen molar-refractivity contribution in [3.63, 3.8) is 0 Å². The van der Waals surface area contributed by atoms with Crippen molar-refractivity contribution < 1.29 is 9.53 Å². The van der Waals surface area contributed by atoms with Gasteiger partial charge in [0.25, 0.3) is 0 Å². The molecular formula is C19H22Cl2N2O2S. The van der Waals surface area contributed by atoms with Gasteiger partial charge < -0.3 is 15.8 Å². The van der Waals surface area contributed by atoms with Crippen LogP contribution in [-0.2, 0) is 9.53 Å².